The SMILES string of the molecule is COc1ccc(CCNC(=NCc2cccc(F)c2)NCC(=O)N(C)C)cc1. The van der Waals surface area contributed by atoms with E-state index >= 15 is 0 Å². The summed E-state index contributed by atoms with van der Waals surface area (Å²) in [6, 6.07) is 14.2. The topological polar surface area (TPSA) is 66.0 Å². The van der Waals surface area contributed by atoms with Gasteiger partial charge in [0.1, 0.15) is 11.6 Å². The van der Waals surface area contributed by atoms with Gasteiger partial charge in [-0.25, -0.2) is 9.38 Å². The highest BCUT2D eigenvalue weighted by molar-refractivity contribution is 5.86. The second-order valence-electron chi connectivity index (χ2n) is 6.46. The van der Waals surface area contributed by atoms with Gasteiger partial charge in [-0.15, -0.1) is 0 Å². The van der Waals surface area contributed by atoms with Crippen LogP contribution in [0.1, 0.15) is 11.1 Å². The van der Waals surface area contributed by atoms with Crippen molar-refractivity contribution in [1.29, 1.82) is 0 Å². The number of methoxy groups -OCH3 is 1. The molecule has 0 aromatic heterocycles. The standard InChI is InChI=1S/C21H27FN4O2/c1-26(2)20(27)15-25-21(24-14-17-5-4-6-18(22)13-17)23-12-11-16-7-9-19(28-3)10-8-16/h4-10,13H,11-12,14-15H2,1-3H3,(H2,23,24,25). The Labute approximate surface area is 165 Å². The van der Waals surface area contributed by atoms with Crippen LogP contribution in [0.25, 0.3) is 0 Å². The van der Waals surface area contributed by atoms with Crippen LogP contribution >= 0.6 is 0 Å². The molecule has 0 aliphatic carbocycles. The van der Waals surface area contributed by atoms with Gasteiger partial charge in [0.25, 0.3) is 0 Å². The molecule has 2 N–H and O–H groups in total. The lowest BCUT2D eigenvalue weighted by atomic mass is 10.1. The Hall–Kier alpha value is -3.09. The van der Waals surface area contributed by atoms with Crippen molar-refractivity contribution in [2.24, 2.45) is 4.99 Å². The van der Waals surface area contributed by atoms with Gasteiger partial charge in [-0.3, -0.25) is 4.79 Å². The molecule has 0 saturated carbocycles. The highest BCUT2D eigenvalue weighted by Crippen LogP contribution is 2.11. The van der Waals surface area contributed by atoms with E-state index in [1.165, 1.54) is 17.0 Å². The van der Waals surface area contributed by atoms with Crippen LogP contribution < -0.4 is 15.4 Å². The van der Waals surface area contributed by atoms with Crippen molar-refractivity contribution < 1.29 is 13.9 Å². The number of benzene rings is 2. The van der Waals surface area contributed by atoms with Crippen molar-refractivity contribution >= 4 is 11.9 Å². The molecule has 0 unspecified atom stereocenters. The highest BCUT2D eigenvalue weighted by Gasteiger charge is 2.06. The van der Waals surface area contributed by atoms with Crippen LogP contribution in [0.5, 0.6) is 5.75 Å². The number of ether oxygens (including phenoxy) is 1. The first-order valence-electron chi connectivity index (χ1n) is 9.07. The predicted molar refractivity (Wildman–Crippen MR) is 109 cm³/mol. The van der Waals surface area contributed by atoms with Gasteiger partial charge in [0.05, 0.1) is 20.2 Å². The second kappa shape index (κ2) is 10.9. The van der Waals surface area contributed by atoms with E-state index in [4.69, 9.17) is 4.74 Å². The maximum Gasteiger partial charge on any atom is 0.241 e. The Balaban J connectivity index is 1.95. The van der Waals surface area contributed by atoms with Crippen LogP contribution in [-0.4, -0.2) is 51.1 Å². The summed E-state index contributed by atoms with van der Waals surface area (Å²) in [5.41, 5.74) is 1.91. The van der Waals surface area contributed by atoms with E-state index in [9.17, 15) is 9.18 Å². The average molecular weight is 386 g/mol. The van der Waals surface area contributed by atoms with Crippen molar-refractivity contribution in [2.45, 2.75) is 13.0 Å². The first-order valence-corrected chi connectivity index (χ1v) is 9.07. The number of rotatable bonds is 8. The van der Waals surface area contributed by atoms with Gasteiger partial charge in [0, 0.05) is 20.6 Å². The lowest BCUT2D eigenvalue weighted by molar-refractivity contribution is -0.127. The minimum Gasteiger partial charge on any atom is -0.497 e. The molecule has 2 rings (SSSR count). The number of likely N-dealkylation sites (N-methyl/N-ethyl adjacent to an activating group) is 1. The van der Waals surface area contributed by atoms with E-state index in [1.807, 2.05) is 30.3 Å². The number of nitrogens with one attached hydrogen (secondary N) is 2. The quantitative estimate of drug-likeness (QED) is 0.539. The van der Waals surface area contributed by atoms with Crippen molar-refractivity contribution in [3.63, 3.8) is 0 Å². The van der Waals surface area contributed by atoms with Gasteiger partial charge in [0.15, 0.2) is 5.96 Å². The number of hydrogen-bond acceptors (Lipinski definition) is 3. The average Bonchev–Trinajstić information content (AvgIpc) is 2.69. The van der Waals surface area contributed by atoms with E-state index in [2.05, 4.69) is 15.6 Å². The monoisotopic (exact) mass is 386 g/mol. The third-order valence-corrected chi connectivity index (χ3v) is 4.08. The lowest BCUT2D eigenvalue weighted by Crippen LogP contribution is -2.43. The molecule has 28 heavy (non-hydrogen) atoms. The molecule has 0 heterocycles. The first kappa shape index (κ1) is 21.2. The molecule has 0 radical (unpaired) electrons. The van der Waals surface area contributed by atoms with Gasteiger partial charge >= 0.3 is 0 Å². The molecule has 0 atom stereocenters. The zero-order valence-corrected chi connectivity index (χ0v) is 16.5. The third-order valence-electron chi connectivity index (χ3n) is 4.08. The minimum atomic E-state index is -0.294. The number of nitrogens with zero attached hydrogens (tertiary/aromatic N) is 2. The first-order chi connectivity index (χ1) is 13.5. The number of halogens is 1. The molecule has 0 aliphatic heterocycles. The van der Waals surface area contributed by atoms with Gasteiger partial charge in [-0.1, -0.05) is 24.3 Å². The molecule has 2 aromatic rings. The number of guanidine groups is 1. The lowest BCUT2D eigenvalue weighted by Gasteiger charge is -2.15. The number of hydrogen-bond donors (Lipinski definition) is 2. The molecular formula is C21H27FN4O2. The Morgan fingerprint density at radius 2 is 1.86 bits per heavy atom. The molecule has 7 heteroatoms. The summed E-state index contributed by atoms with van der Waals surface area (Å²) in [5, 5.41) is 6.24. The normalized spacial score (nSPS) is 11.1. The van der Waals surface area contributed by atoms with Crippen molar-refractivity contribution in [1.82, 2.24) is 15.5 Å². The summed E-state index contributed by atoms with van der Waals surface area (Å²) in [6.07, 6.45) is 0.784. The molecule has 0 fully saturated rings. The summed E-state index contributed by atoms with van der Waals surface area (Å²) in [7, 11) is 5.04. The van der Waals surface area contributed by atoms with Gasteiger partial charge in [-0.2, -0.15) is 0 Å². The molecule has 0 spiro atoms. The predicted octanol–water partition coefficient (Wildman–Crippen LogP) is 2.20. The summed E-state index contributed by atoms with van der Waals surface area (Å²) in [6.45, 7) is 1.08. The Kier molecular flexibility index (Phi) is 8.27. The molecule has 0 bridgehead atoms. The molecule has 2 aromatic carbocycles. The summed E-state index contributed by atoms with van der Waals surface area (Å²) in [4.78, 5) is 17.8. The fourth-order valence-electron chi connectivity index (χ4n) is 2.41. The van der Waals surface area contributed by atoms with E-state index in [1.54, 1.807) is 27.3 Å². The number of carbonyl (C=O) groups is 1. The van der Waals surface area contributed by atoms with Crippen LogP contribution in [0.2, 0.25) is 0 Å². The maximum atomic E-state index is 13.3. The van der Waals surface area contributed by atoms with Crippen molar-refractivity contribution in [2.75, 3.05) is 34.3 Å². The molecular weight excluding hydrogens is 359 g/mol. The Morgan fingerprint density at radius 3 is 2.50 bits per heavy atom. The van der Waals surface area contributed by atoms with Crippen LogP contribution in [0.4, 0.5) is 4.39 Å². The van der Waals surface area contributed by atoms with E-state index in [0.29, 0.717) is 19.0 Å². The molecule has 1 amide bonds. The fourth-order valence-corrected chi connectivity index (χ4v) is 2.41. The largest absolute Gasteiger partial charge is 0.497 e. The highest BCUT2D eigenvalue weighted by atomic mass is 19.1. The zero-order valence-electron chi connectivity index (χ0n) is 16.5. The summed E-state index contributed by atoms with van der Waals surface area (Å²) in [5.74, 6) is 0.971. The van der Waals surface area contributed by atoms with E-state index in [0.717, 1.165) is 23.3 Å². The van der Waals surface area contributed by atoms with Gasteiger partial charge in [0.2, 0.25) is 5.91 Å². The smallest absolute Gasteiger partial charge is 0.241 e. The molecule has 6 nitrogen and oxygen atoms in total. The third kappa shape index (κ3) is 7.26. The van der Waals surface area contributed by atoms with Crippen LogP contribution in [0.15, 0.2) is 53.5 Å². The summed E-state index contributed by atoms with van der Waals surface area (Å²) < 4.78 is 18.5. The fraction of sp³-hybridized carbons (Fsp3) is 0.333. The van der Waals surface area contributed by atoms with Crippen molar-refractivity contribution in [3.8, 4) is 5.75 Å². The number of amides is 1. The van der Waals surface area contributed by atoms with Crippen LogP contribution in [0, 0.1) is 5.82 Å². The molecule has 0 saturated heterocycles. The van der Waals surface area contributed by atoms with E-state index in [-0.39, 0.29) is 18.3 Å². The minimum absolute atomic E-state index is 0.0598. The van der Waals surface area contributed by atoms with Crippen LogP contribution in [-0.2, 0) is 17.8 Å². The van der Waals surface area contributed by atoms with E-state index < -0.39 is 0 Å². The molecule has 150 valence electrons. The van der Waals surface area contributed by atoms with Gasteiger partial charge < -0.3 is 20.3 Å². The summed E-state index contributed by atoms with van der Waals surface area (Å²) >= 11 is 0. The number of carbonyl (C=O) groups excluding carboxylic acids is 1. The van der Waals surface area contributed by atoms with Crippen LogP contribution in [0.3, 0.4) is 0 Å². The Morgan fingerprint density at radius 1 is 1.11 bits per heavy atom. The molecule has 0 aliphatic rings. The zero-order chi connectivity index (χ0) is 20.4. The second-order valence-corrected chi connectivity index (χ2v) is 6.46. The number of aliphatic imine (C=N–C) groups is 1. The van der Waals surface area contributed by atoms with Crippen molar-refractivity contribution in [3.05, 3.63) is 65.5 Å². The maximum absolute atomic E-state index is 13.3. The Bertz CT molecular complexity index is 791. The van der Waals surface area contributed by atoms with Gasteiger partial charge in [-0.05, 0) is 41.8 Å².